The molecule has 0 aliphatic heterocycles. The van der Waals surface area contributed by atoms with Gasteiger partial charge in [-0.2, -0.15) is 5.10 Å². The van der Waals surface area contributed by atoms with Gasteiger partial charge >= 0.3 is 0 Å². The largest absolute Gasteiger partial charge is 0.496 e. The summed E-state index contributed by atoms with van der Waals surface area (Å²) in [5.41, 5.74) is 2.39. The quantitative estimate of drug-likeness (QED) is 0.572. The van der Waals surface area contributed by atoms with Crippen molar-refractivity contribution >= 4 is 17.6 Å². The van der Waals surface area contributed by atoms with Crippen LogP contribution in [0.3, 0.4) is 0 Å². The number of aromatic nitrogens is 2. The molecular weight excluding hydrogens is 380 g/mol. The van der Waals surface area contributed by atoms with Crippen molar-refractivity contribution in [3.8, 4) is 5.75 Å². The molecule has 0 saturated carbocycles. The van der Waals surface area contributed by atoms with Crippen LogP contribution in [0.25, 0.3) is 0 Å². The van der Waals surface area contributed by atoms with Gasteiger partial charge in [-0.25, -0.2) is 0 Å². The van der Waals surface area contributed by atoms with E-state index in [1.54, 1.807) is 20.2 Å². The minimum absolute atomic E-state index is 0.120. The number of carbonyl (C=O) groups is 2. The summed E-state index contributed by atoms with van der Waals surface area (Å²) in [6.45, 7) is 0.453. The number of ether oxygens (including phenoxy) is 1. The monoisotopic (exact) mass is 406 g/mol. The van der Waals surface area contributed by atoms with E-state index in [1.807, 2.05) is 54.6 Å². The fourth-order valence-electron chi connectivity index (χ4n) is 3.11. The molecule has 7 heteroatoms. The molecular formula is C23H26N4O3. The summed E-state index contributed by atoms with van der Waals surface area (Å²) >= 11 is 0. The van der Waals surface area contributed by atoms with Crippen LogP contribution in [0.5, 0.6) is 5.75 Å². The second-order valence-electron chi connectivity index (χ2n) is 6.89. The first-order valence-corrected chi connectivity index (χ1v) is 9.84. The SMILES string of the molecule is COc1ccccc1CCNC(=O)c1cc(NC(=O)CCc2ccccc2)n(C)n1. The van der Waals surface area contributed by atoms with E-state index in [0.29, 0.717) is 31.6 Å². The molecule has 0 unspecified atom stereocenters. The van der Waals surface area contributed by atoms with Crippen LogP contribution in [0.15, 0.2) is 60.7 Å². The number of anilines is 1. The summed E-state index contributed by atoms with van der Waals surface area (Å²) in [7, 11) is 3.32. The second-order valence-corrected chi connectivity index (χ2v) is 6.89. The lowest BCUT2D eigenvalue weighted by atomic mass is 10.1. The van der Waals surface area contributed by atoms with Crippen LogP contribution in [0, 0.1) is 0 Å². The van der Waals surface area contributed by atoms with Gasteiger partial charge in [-0.05, 0) is 30.0 Å². The zero-order valence-electron chi connectivity index (χ0n) is 17.2. The highest BCUT2D eigenvalue weighted by Crippen LogP contribution is 2.17. The number of hydrogen-bond acceptors (Lipinski definition) is 4. The van der Waals surface area contributed by atoms with Crippen LogP contribution in [0.4, 0.5) is 5.82 Å². The first kappa shape index (κ1) is 21.1. The molecule has 156 valence electrons. The fourth-order valence-corrected chi connectivity index (χ4v) is 3.11. The Bertz CT molecular complexity index is 999. The molecule has 0 atom stereocenters. The van der Waals surface area contributed by atoms with Crippen LogP contribution in [0.2, 0.25) is 0 Å². The van der Waals surface area contributed by atoms with Gasteiger partial charge in [-0.1, -0.05) is 48.5 Å². The summed E-state index contributed by atoms with van der Waals surface area (Å²) in [4.78, 5) is 24.7. The summed E-state index contributed by atoms with van der Waals surface area (Å²) in [5, 5.41) is 9.88. The number of rotatable bonds is 9. The molecule has 0 aliphatic carbocycles. The molecule has 1 heterocycles. The van der Waals surface area contributed by atoms with E-state index < -0.39 is 0 Å². The normalized spacial score (nSPS) is 10.5. The van der Waals surface area contributed by atoms with Crippen molar-refractivity contribution < 1.29 is 14.3 Å². The molecule has 0 saturated heterocycles. The molecule has 30 heavy (non-hydrogen) atoms. The van der Waals surface area contributed by atoms with Crippen molar-refractivity contribution in [3.63, 3.8) is 0 Å². The molecule has 0 aliphatic rings. The number of benzene rings is 2. The van der Waals surface area contributed by atoms with Gasteiger partial charge in [0.15, 0.2) is 5.69 Å². The van der Waals surface area contributed by atoms with Gasteiger partial charge in [0.05, 0.1) is 7.11 Å². The number of amides is 2. The third kappa shape index (κ3) is 5.70. The highest BCUT2D eigenvalue weighted by Gasteiger charge is 2.14. The van der Waals surface area contributed by atoms with E-state index in [2.05, 4.69) is 15.7 Å². The predicted molar refractivity (Wildman–Crippen MR) is 116 cm³/mol. The minimum Gasteiger partial charge on any atom is -0.496 e. The molecule has 0 bridgehead atoms. The van der Waals surface area contributed by atoms with Gasteiger partial charge < -0.3 is 15.4 Å². The van der Waals surface area contributed by atoms with Crippen LogP contribution in [0.1, 0.15) is 28.0 Å². The Labute approximate surface area is 176 Å². The second kappa shape index (κ2) is 10.2. The van der Waals surface area contributed by atoms with Crippen molar-refractivity contribution in [2.24, 2.45) is 7.05 Å². The van der Waals surface area contributed by atoms with E-state index in [0.717, 1.165) is 16.9 Å². The van der Waals surface area contributed by atoms with Crippen LogP contribution < -0.4 is 15.4 Å². The van der Waals surface area contributed by atoms with Crippen LogP contribution in [-0.2, 0) is 24.7 Å². The van der Waals surface area contributed by atoms with E-state index >= 15 is 0 Å². The first-order chi connectivity index (χ1) is 14.6. The van der Waals surface area contributed by atoms with Crippen LogP contribution in [-0.4, -0.2) is 35.2 Å². The van der Waals surface area contributed by atoms with Gasteiger partial charge in [0.2, 0.25) is 5.91 Å². The average molecular weight is 406 g/mol. The van der Waals surface area contributed by atoms with Gasteiger partial charge in [0, 0.05) is 26.1 Å². The van der Waals surface area contributed by atoms with Crippen molar-refractivity contribution in [2.45, 2.75) is 19.3 Å². The Morgan fingerprint density at radius 1 is 1.03 bits per heavy atom. The zero-order valence-corrected chi connectivity index (χ0v) is 17.2. The number of nitrogens with one attached hydrogen (secondary N) is 2. The number of carbonyl (C=O) groups excluding carboxylic acids is 2. The lowest BCUT2D eigenvalue weighted by Gasteiger charge is -2.08. The molecule has 7 nitrogen and oxygen atoms in total. The highest BCUT2D eigenvalue weighted by molar-refractivity contribution is 5.95. The average Bonchev–Trinajstić information content (AvgIpc) is 3.13. The Hall–Kier alpha value is -3.61. The lowest BCUT2D eigenvalue weighted by molar-refractivity contribution is -0.116. The molecule has 2 amide bonds. The zero-order chi connectivity index (χ0) is 21.3. The molecule has 3 aromatic rings. The molecule has 0 radical (unpaired) electrons. The maximum atomic E-state index is 12.4. The number of aryl methyl sites for hydroxylation is 2. The van der Waals surface area contributed by atoms with Gasteiger partial charge in [0.25, 0.3) is 5.91 Å². The Morgan fingerprint density at radius 3 is 2.53 bits per heavy atom. The predicted octanol–water partition coefficient (Wildman–Crippen LogP) is 2.97. The number of methoxy groups -OCH3 is 1. The highest BCUT2D eigenvalue weighted by atomic mass is 16.5. The van der Waals surface area contributed by atoms with Gasteiger partial charge in [0.1, 0.15) is 11.6 Å². The maximum Gasteiger partial charge on any atom is 0.271 e. The van der Waals surface area contributed by atoms with E-state index in [1.165, 1.54) is 4.68 Å². The van der Waals surface area contributed by atoms with Crippen LogP contribution >= 0.6 is 0 Å². The number of hydrogen-bond donors (Lipinski definition) is 2. The minimum atomic E-state index is -0.287. The maximum absolute atomic E-state index is 12.4. The smallest absolute Gasteiger partial charge is 0.271 e. The van der Waals surface area contributed by atoms with Crippen molar-refractivity contribution in [2.75, 3.05) is 19.0 Å². The van der Waals surface area contributed by atoms with E-state index in [9.17, 15) is 9.59 Å². The first-order valence-electron chi connectivity index (χ1n) is 9.84. The summed E-state index contributed by atoms with van der Waals surface area (Å²) < 4.78 is 6.82. The van der Waals surface area contributed by atoms with Crippen molar-refractivity contribution in [1.82, 2.24) is 15.1 Å². The third-order valence-electron chi connectivity index (χ3n) is 4.74. The Kier molecular flexibility index (Phi) is 7.21. The molecule has 3 rings (SSSR count). The summed E-state index contributed by atoms with van der Waals surface area (Å²) in [6.07, 6.45) is 1.65. The topological polar surface area (TPSA) is 85.3 Å². The van der Waals surface area contributed by atoms with E-state index in [-0.39, 0.29) is 17.5 Å². The molecule has 0 fully saturated rings. The molecule has 1 aromatic heterocycles. The fraction of sp³-hybridized carbons (Fsp3) is 0.261. The Morgan fingerprint density at radius 2 is 1.77 bits per heavy atom. The number of nitrogens with zero attached hydrogens (tertiary/aromatic N) is 2. The van der Waals surface area contributed by atoms with E-state index in [4.69, 9.17) is 4.74 Å². The summed E-state index contributed by atoms with van der Waals surface area (Å²) in [6, 6.07) is 19.1. The Balaban J connectivity index is 1.50. The van der Waals surface area contributed by atoms with Gasteiger partial charge in [-0.3, -0.25) is 14.3 Å². The molecule has 2 N–H and O–H groups in total. The van der Waals surface area contributed by atoms with Gasteiger partial charge in [-0.15, -0.1) is 0 Å². The third-order valence-corrected chi connectivity index (χ3v) is 4.74. The molecule has 0 spiro atoms. The van der Waals surface area contributed by atoms with Crippen molar-refractivity contribution in [1.29, 1.82) is 0 Å². The standard InChI is InChI=1S/C23H26N4O3/c1-27-21(25-22(28)13-12-17-8-4-3-5-9-17)16-19(26-27)23(29)24-15-14-18-10-6-7-11-20(18)30-2/h3-11,16H,12-15H2,1-2H3,(H,24,29)(H,25,28). The lowest BCUT2D eigenvalue weighted by Crippen LogP contribution is -2.26. The molecule has 2 aromatic carbocycles. The summed E-state index contributed by atoms with van der Waals surface area (Å²) in [5.74, 6) is 0.878. The number of para-hydroxylation sites is 1. The van der Waals surface area contributed by atoms with Crippen molar-refractivity contribution in [3.05, 3.63) is 77.5 Å².